The van der Waals surface area contributed by atoms with Crippen molar-refractivity contribution in [1.29, 1.82) is 0 Å². The zero-order chi connectivity index (χ0) is 15.4. The summed E-state index contributed by atoms with van der Waals surface area (Å²) >= 11 is 0. The van der Waals surface area contributed by atoms with Crippen LogP contribution in [0.3, 0.4) is 0 Å². The molecule has 0 radical (unpaired) electrons. The molecular formula is C13H13FN4O3. The van der Waals surface area contributed by atoms with Crippen molar-refractivity contribution in [2.45, 2.75) is 6.04 Å². The third-order valence-electron chi connectivity index (χ3n) is 2.66. The highest BCUT2D eigenvalue weighted by Gasteiger charge is 2.23. The first-order valence-electron chi connectivity index (χ1n) is 6.00. The van der Waals surface area contributed by atoms with Crippen LogP contribution in [0.4, 0.5) is 14.9 Å². The normalized spacial score (nSPS) is 11.7. The molecule has 7 nitrogen and oxygen atoms in total. The zero-order valence-electron chi connectivity index (χ0n) is 11.1. The molecule has 0 fully saturated rings. The number of anilines is 1. The predicted molar refractivity (Wildman–Crippen MR) is 72.1 cm³/mol. The molecule has 0 bridgehead atoms. The van der Waals surface area contributed by atoms with Gasteiger partial charge in [0, 0.05) is 24.5 Å². The van der Waals surface area contributed by atoms with Gasteiger partial charge in [-0.3, -0.25) is 4.68 Å². The van der Waals surface area contributed by atoms with Crippen LogP contribution in [0.1, 0.15) is 11.6 Å². The Labute approximate surface area is 119 Å². The van der Waals surface area contributed by atoms with Crippen molar-refractivity contribution in [3.63, 3.8) is 0 Å². The fourth-order valence-electron chi connectivity index (χ4n) is 1.74. The average molecular weight is 292 g/mol. The fraction of sp³-hybridized carbons (Fsp3) is 0.154. The van der Waals surface area contributed by atoms with Crippen LogP contribution in [0.5, 0.6) is 0 Å². The van der Waals surface area contributed by atoms with E-state index in [0.717, 1.165) is 6.07 Å². The van der Waals surface area contributed by atoms with Crippen molar-refractivity contribution >= 4 is 17.7 Å². The Bertz CT molecular complexity index is 671. The Morgan fingerprint density at radius 1 is 1.43 bits per heavy atom. The van der Waals surface area contributed by atoms with E-state index in [9.17, 15) is 14.0 Å². The van der Waals surface area contributed by atoms with Crippen molar-refractivity contribution in [3.8, 4) is 0 Å². The molecule has 1 aromatic heterocycles. The topological polar surface area (TPSA) is 96.2 Å². The van der Waals surface area contributed by atoms with Crippen LogP contribution in [0.2, 0.25) is 0 Å². The summed E-state index contributed by atoms with van der Waals surface area (Å²) in [7, 11) is 1.63. The van der Waals surface area contributed by atoms with Crippen molar-refractivity contribution in [2.24, 2.45) is 7.05 Å². The Morgan fingerprint density at radius 3 is 2.76 bits per heavy atom. The molecule has 1 heterocycles. The van der Waals surface area contributed by atoms with Crippen LogP contribution in [-0.4, -0.2) is 26.9 Å². The number of halogens is 1. The quantitative estimate of drug-likeness (QED) is 0.795. The maximum absolute atomic E-state index is 13.0. The number of amides is 2. The van der Waals surface area contributed by atoms with Crippen molar-refractivity contribution in [2.75, 3.05) is 5.32 Å². The van der Waals surface area contributed by atoms with E-state index in [1.165, 1.54) is 35.3 Å². The number of nitrogens with one attached hydrogen (secondary N) is 2. The monoisotopic (exact) mass is 292 g/mol. The number of nitrogens with zero attached hydrogens (tertiary/aromatic N) is 2. The summed E-state index contributed by atoms with van der Waals surface area (Å²) in [6.07, 6.45) is 2.84. The molecule has 0 aliphatic rings. The Morgan fingerprint density at radius 2 is 2.19 bits per heavy atom. The highest BCUT2D eigenvalue weighted by Crippen LogP contribution is 2.13. The Hall–Kier alpha value is -2.90. The van der Waals surface area contributed by atoms with Crippen LogP contribution in [-0.2, 0) is 11.8 Å². The molecule has 0 aliphatic carbocycles. The van der Waals surface area contributed by atoms with E-state index in [1.54, 1.807) is 7.05 Å². The van der Waals surface area contributed by atoms with Crippen LogP contribution >= 0.6 is 0 Å². The van der Waals surface area contributed by atoms with Crippen LogP contribution in [0, 0.1) is 5.82 Å². The van der Waals surface area contributed by atoms with E-state index in [1.807, 2.05) is 0 Å². The van der Waals surface area contributed by atoms with Crippen molar-refractivity contribution < 1.29 is 19.1 Å². The molecule has 110 valence electrons. The summed E-state index contributed by atoms with van der Waals surface area (Å²) in [6.45, 7) is 0. The standard InChI is InChI=1S/C13H13FN4O3/c1-18-7-8(6-15-18)11(12(19)20)17-13(21)16-10-4-2-3-9(14)5-10/h2-7,11H,1H3,(H,19,20)(H2,16,17,21). The van der Waals surface area contributed by atoms with Gasteiger partial charge in [-0.2, -0.15) is 5.10 Å². The first kappa shape index (κ1) is 14.5. The first-order chi connectivity index (χ1) is 9.95. The number of carbonyl (C=O) groups is 2. The zero-order valence-corrected chi connectivity index (χ0v) is 11.1. The van der Waals surface area contributed by atoms with Crippen LogP contribution in [0.25, 0.3) is 0 Å². The molecule has 1 aromatic carbocycles. The molecule has 21 heavy (non-hydrogen) atoms. The Balaban J connectivity index is 2.07. The van der Waals surface area contributed by atoms with E-state index >= 15 is 0 Å². The van der Waals surface area contributed by atoms with E-state index in [0.29, 0.717) is 5.56 Å². The van der Waals surface area contributed by atoms with Crippen LogP contribution in [0.15, 0.2) is 36.7 Å². The van der Waals surface area contributed by atoms with Gasteiger partial charge in [0.2, 0.25) is 0 Å². The summed E-state index contributed by atoms with van der Waals surface area (Å²) in [5, 5.41) is 17.7. The number of benzene rings is 1. The lowest BCUT2D eigenvalue weighted by Crippen LogP contribution is -2.36. The van der Waals surface area contributed by atoms with E-state index in [-0.39, 0.29) is 5.69 Å². The summed E-state index contributed by atoms with van der Waals surface area (Å²) in [4.78, 5) is 23.0. The van der Waals surface area contributed by atoms with Gasteiger partial charge < -0.3 is 15.7 Å². The van der Waals surface area contributed by atoms with Gasteiger partial charge in [-0.15, -0.1) is 0 Å². The fourth-order valence-corrected chi connectivity index (χ4v) is 1.74. The average Bonchev–Trinajstić information content (AvgIpc) is 2.82. The van der Waals surface area contributed by atoms with E-state index < -0.39 is 23.9 Å². The largest absolute Gasteiger partial charge is 0.479 e. The molecule has 0 spiro atoms. The van der Waals surface area contributed by atoms with Gasteiger partial charge in [-0.25, -0.2) is 14.0 Å². The second kappa shape index (κ2) is 6.04. The first-order valence-corrected chi connectivity index (χ1v) is 6.00. The molecule has 0 saturated carbocycles. The van der Waals surface area contributed by atoms with Gasteiger partial charge in [0.1, 0.15) is 5.82 Å². The van der Waals surface area contributed by atoms with E-state index in [4.69, 9.17) is 5.11 Å². The number of aryl methyl sites for hydroxylation is 1. The van der Waals surface area contributed by atoms with Crippen LogP contribution < -0.4 is 10.6 Å². The highest BCUT2D eigenvalue weighted by molar-refractivity contribution is 5.92. The molecule has 1 atom stereocenters. The number of hydrogen-bond donors (Lipinski definition) is 3. The van der Waals surface area contributed by atoms with Gasteiger partial charge in [0.05, 0.1) is 6.20 Å². The highest BCUT2D eigenvalue weighted by atomic mass is 19.1. The lowest BCUT2D eigenvalue weighted by Gasteiger charge is -2.13. The lowest BCUT2D eigenvalue weighted by atomic mass is 10.1. The van der Waals surface area contributed by atoms with Gasteiger partial charge in [0.25, 0.3) is 0 Å². The molecule has 0 aliphatic heterocycles. The van der Waals surface area contributed by atoms with Crippen molar-refractivity contribution in [3.05, 3.63) is 48.0 Å². The minimum Gasteiger partial charge on any atom is -0.479 e. The van der Waals surface area contributed by atoms with Crippen molar-refractivity contribution in [1.82, 2.24) is 15.1 Å². The van der Waals surface area contributed by atoms with Gasteiger partial charge in [-0.1, -0.05) is 6.07 Å². The number of carbonyl (C=O) groups excluding carboxylic acids is 1. The maximum atomic E-state index is 13.0. The predicted octanol–water partition coefficient (Wildman–Crippen LogP) is 1.51. The number of carboxylic acid groups (broad SMARTS) is 1. The maximum Gasteiger partial charge on any atom is 0.331 e. The molecule has 3 N–H and O–H groups in total. The van der Waals surface area contributed by atoms with Gasteiger partial charge >= 0.3 is 12.0 Å². The third-order valence-corrected chi connectivity index (χ3v) is 2.66. The smallest absolute Gasteiger partial charge is 0.331 e. The minimum atomic E-state index is -1.24. The second-order valence-corrected chi connectivity index (χ2v) is 4.33. The number of aliphatic carboxylic acids is 1. The SMILES string of the molecule is Cn1cc(C(NC(=O)Nc2cccc(F)c2)C(=O)O)cn1. The number of carboxylic acids is 1. The number of urea groups is 1. The summed E-state index contributed by atoms with van der Waals surface area (Å²) in [5.41, 5.74) is 0.558. The number of aromatic nitrogens is 2. The second-order valence-electron chi connectivity index (χ2n) is 4.33. The molecule has 8 heteroatoms. The Kier molecular flexibility index (Phi) is 4.17. The third kappa shape index (κ3) is 3.78. The summed E-state index contributed by atoms with van der Waals surface area (Å²) in [6, 6.07) is 3.28. The summed E-state index contributed by atoms with van der Waals surface area (Å²) < 4.78 is 14.4. The molecule has 2 rings (SSSR count). The van der Waals surface area contributed by atoms with Gasteiger partial charge in [0.15, 0.2) is 6.04 Å². The lowest BCUT2D eigenvalue weighted by molar-refractivity contribution is -0.139. The molecule has 1 unspecified atom stereocenters. The molecule has 2 amide bonds. The number of hydrogen-bond acceptors (Lipinski definition) is 3. The minimum absolute atomic E-state index is 0.225. The molecular weight excluding hydrogens is 279 g/mol. The molecule has 0 saturated heterocycles. The summed E-state index contributed by atoms with van der Waals surface area (Å²) in [5.74, 6) is -1.73. The van der Waals surface area contributed by atoms with Gasteiger partial charge in [-0.05, 0) is 18.2 Å². The molecule has 2 aromatic rings. The number of rotatable bonds is 4. The van der Waals surface area contributed by atoms with E-state index in [2.05, 4.69) is 15.7 Å².